The van der Waals surface area contributed by atoms with Crippen LogP contribution in [0.4, 0.5) is 11.9 Å². The molecule has 0 spiro atoms. The fraction of sp³-hybridized carbons (Fsp3) is 0.700. The quantitative estimate of drug-likeness (QED) is 0.571. The van der Waals surface area contributed by atoms with Crippen molar-refractivity contribution in [2.24, 2.45) is 5.14 Å². The first-order chi connectivity index (χ1) is 9.44. The van der Waals surface area contributed by atoms with E-state index in [0.29, 0.717) is 19.1 Å². The molecule has 0 amide bonds. The number of nitrogens with one attached hydrogen (secondary N) is 2. The predicted molar refractivity (Wildman–Crippen MR) is 76.2 cm³/mol. The van der Waals surface area contributed by atoms with E-state index in [1.807, 2.05) is 13.8 Å². The summed E-state index contributed by atoms with van der Waals surface area (Å²) in [6, 6.07) is 0.191. The highest BCUT2D eigenvalue weighted by Crippen LogP contribution is 2.11. The van der Waals surface area contributed by atoms with Gasteiger partial charge >= 0.3 is 6.01 Å². The van der Waals surface area contributed by atoms with Crippen molar-refractivity contribution in [3.63, 3.8) is 0 Å². The van der Waals surface area contributed by atoms with Crippen LogP contribution in [0.3, 0.4) is 0 Å². The average molecular weight is 304 g/mol. The number of sulfonamides is 1. The summed E-state index contributed by atoms with van der Waals surface area (Å²) in [6.45, 7) is 5.13. The van der Waals surface area contributed by atoms with Crippen LogP contribution in [-0.2, 0) is 10.0 Å². The van der Waals surface area contributed by atoms with Crippen LogP contribution in [0.2, 0.25) is 0 Å². The van der Waals surface area contributed by atoms with Gasteiger partial charge in [-0.15, -0.1) is 0 Å². The van der Waals surface area contributed by atoms with Gasteiger partial charge in [-0.2, -0.15) is 15.0 Å². The minimum Gasteiger partial charge on any atom is -0.463 e. The number of primary sulfonamides is 1. The Morgan fingerprint density at radius 2 is 1.80 bits per heavy atom. The standard InChI is InChI=1S/C10H20N6O3S/c1-3-6-19-10-15-8(12-4-2)14-9(16-10)13-5-7-20(11,17)18/h3-7H2,1-2H3,(H2,11,17,18)(H2,12,13,14,15,16). The molecule has 9 nitrogen and oxygen atoms in total. The first-order valence-electron chi connectivity index (χ1n) is 6.31. The van der Waals surface area contributed by atoms with E-state index in [4.69, 9.17) is 9.88 Å². The van der Waals surface area contributed by atoms with Crippen LogP contribution in [0, 0.1) is 0 Å². The van der Waals surface area contributed by atoms with Gasteiger partial charge in [-0.1, -0.05) is 6.92 Å². The Morgan fingerprint density at radius 1 is 1.15 bits per heavy atom. The Morgan fingerprint density at radius 3 is 2.35 bits per heavy atom. The first-order valence-corrected chi connectivity index (χ1v) is 8.03. The average Bonchev–Trinajstić information content (AvgIpc) is 2.35. The molecule has 1 aromatic rings. The second-order valence-electron chi connectivity index (χ2n) is 3.94. The Labute approximate surface area is 118 Å². The van der Waals surface area contributed by atoms with E-state index >= 15 is 0 Å². The van der Waals surface area contributed by atoms with Crippen molar-refractivity contribution in [3.05, 3.63) is 0 Å². The van der Waals surface area contributed by atoms with Gasteiger partial charge in [0.05, 0.1) is 12.4 Å². The van der Waals surface area contributed by atoms with Gasteiger partial charge in [0.2, 0.25) is 21.9 Å². The van der Waals surface area contributed by atoms with Crippen LogP contribution in [0.15, 0.2) is 0 Å². The molecule has 20 heavy (non-hydrogen) atoms. The Balaban J connectivity index is 2.74. The summed E-state index contributed by atoms with van der Waals surface area (Å²) in [6.07, 6.45) is 0.830. The number of nitrogens with zero attached hydrogens (tertiary/aromatic N) is 3. The third-order valence-corrected chi connectivity index (χ3v) is 2.83. The molecule has 1 aromatic heterocycles. The summed E-state index contributed by atoms with van der Waals surface area (Å²) in [7, 11) is -3.52. The number of nitrogens with two attached hydrogens (primary N) is 1. The van der Waals surface area contributed by atoms with Gasteiger partial charge in [-0.3, -0.25) is 0 Å². The third-order valence-electron chi connectivity index (χ3n) is 2.05. The van der Waals surface area contributed by atoms with E-state index in [-0.39, 0.29) is 24.3 Å². The third kappa shape index (κ3) is 6.48. The van der Waals surface area contributed by atoms with Gasteiger partial charge in [0.25, 0.3) is 0 Å². The second-order valence-corrected chi connectivity index (χ2v) is 5.67. The summed E-state index contributed by atoms with van der Waals surface area (Å²) in [4.78, 5) is 12.2. The van der Waals surface area contributed by atoms with Crippen molar-refractivity contribution in [1.82, 2.24) is 15.0 Å². The molecule has 0 aliphatic heterocycles. The first kappa shape index (κ1) is 16.4. The van der Waals surface area contributed by atoms with Crippen molar-refractivity contribution >= 4 is 21.9 Å². The molecular formula is C10H20N6O3S. The minimum atomic E-state index is -3.52. The molecule has 4 N–H and O–H groups in total. The van der Waals surface area contributed by atoms with E-state index in [9.17, 15) is 8.42 Å². The lowest BCUT2D eigenvalue weighted by Gasteiger charge is -2.09. The molecule has 0 saturated carbocycles. The lowest BCUT2D eigenvalue weighted by Crippen LogP contribution is -2.23. The molecule has 0 radical (unpaired) electrons. The smallest absolute Gasteiger partial charge is 0.323 e. The maximum absolute atomic E-state index is 10.8. The highest BCUT2D eigenvalue weighted by Gasteiger charge is 2.08. The number of anilines is 2. The van der Waals surface area contributed by atoms with E-state index in [2.05, 4.69) is 25.6 Å². The van der Waals surface area contributed by atoms with Gasteiger partial charge in [0, 0.05) is 13.1 Å². The van der Waals surface area contributed by atoms with E-state index in [1.165, 1.54) is 0 Å². The zero-order valence-electron chi connectivity index (χ0n) is 11.6. The summed E-state index contributed by atoms with van der Waals surface area (Å²) >= 11 is 0. The van der Waals surface area contributed by atoms with Crippen molar-refractivity contribution in [3.8, 4) is 6.01 Å². The van der Waals surface area contributed by atoms with Gasteiger partial charge < -0.3 is 15.4 Å². The Hall–Kier alpha value is -1.68. The minimum absolute atomic E-state index is 0.113. The fourth-order valence-corrected chi connectivity index (χ4v) is 1.62. The van der Waals surface area contributed by atoms with Crippen molar-refractivity contribution in [2.75, 3.05) is 36.1 Å². The molecule has 0 atom stereocenters. The summed E-state index contributed by atoms with van der Waals surface area (Å²) in [5, 5.41) is 10.6. The van der Waals surface area contributed by atoms with Crippen molar-refractivity contribution in [2.45, 2.75) is 20.3 Å². The summed E-state index contributed by atoms with van der Waals surface area (Å²) < 4.78 is 27.0. The molecule has 0 fully saturated rings. The molecule has 0 aliphatic carbocycles. The number of hydrogen-bond donors (Lipinski definition) is 3. The normalized spacial score (nSPS) is 11.2. The monoisotopic (exact) mass is 304 g/mol. The topological polar surface area (TPSA) is 132 Å². The largest absolute Gasteiger partial charge is 0.463 e. The van der Waals surface area contributed by atoms with Gasteiger partial charge in [0.1, 0.15) is 0 Å². The van der Waals surface area contributed by atoms with Gasteiger partial charge in [-0.25, -0.2) is 13.6 Å². The number of ether oxygens (including phenoxy) is 1. The lowest BCUT2D eigenvalue weighted by molar-refractivity contribution is 0.292. The molecule has 0 aliphatic rings. The van der Waals surface area contributed by atoms with Crippen LogP contribution in [0.5, 0.6) is 6.01 Å². The van der Waals surface area contributed by atoms with E-state index in [0.717, 1.165) is 6.42 Å². The zero-order valence-corrected chi connectivity index (χ0v) is 12.4. The van der Waals surface area contributed by atoms with Gasteiger partial charge in [-0.05, 0) is 13.3 Å². The van der Waals surface area contributed by atoms with E-state index < -0.39 is 10.0 Å². The molecule has 10 heteroatoms. The van der Waals surface area contributed by atoms with Crippen LogP contribution < -0.4 is 20.5 Å². The molecule has 1 rings (SSSR count). The molecule has 0 unspecified atom stereocenters. The second kappa shape index (κ2) is 7.80. The van der Waals surface area contributed by atoms with Crippen LogP contribution in [0.1, 0.15) is 20.3 Å². The SMILES string of the molecule is CCCOc1nc(NCC)nc(NCCS(N)(=O)=O)n1. The number of rotatable bonds is 9. The summed E-state index contributed by atoms with van der Waals surface area (Å²) in [5.41, 5.74) is 0. The van der Waals surface area contributed by atoms with E-state index in [1.54, 1.807) is 0 Å². The maximum atomic E-state index is 10.8. The zero-order chi connectivity index (χ0) is 15.0. The Bertz CT molecular complexity index is 522. The van der Waals surface area contributed by atoms with Crippen LogP contribution in [0.25, 0.3) is 0 Å². The molecule has 0 aromatic carbocycles. The number of aromatic nitrogens is 3. The molecule has 0 bridgehead atoms. The van der Waals surface area contributed by atoms with Crippen molar-refractivity contribution in [1.29, 1.82) is 0 Å². The summed E-state index contributed by atoms with van der Waals surface area (Å²) in [5.74, 6) is 0.401. The number of hydrogen-bond acceptors (Lipinski definition) is 8. The highest BCUT2D eigenvalue weighted by molar-refractivity contribution is 7.89. The lowest BCUT2D eigenvalue weighted by atomic mass is 10.5. The molecular weight excluding hydrogens is 284 g/mol. The fourth-order valence-electron chi connectivity index (χ4n) is 1.24. The van der Waals surface area contributed by atoms with Crippen LogP contribution in [-0.4, -0.2) is 48.8 Å². The van der Waals surface area contributed by atoms with Crippen LogP contribution >= 0.6 is 0 Å². The maximum Gasteiger partial charge on any atom is 0.323 e. The predicted octanol–water partition coefficient (Wildman–Crippen LogP) is -0.207. The highest BCUT2D eigenvalue weighted by atomic mass is 32.2. The van der Waals surface area contributed by atoms with Crippen molar-refractivity contribution < 1.29 is 13.2 Å². The molecule has 1 heterocycles. The molecule has 114 valence electrons. The van der Waals surface area contributed by atoms with Gasteiger partial charge in [0.15, 0.2) is 0 Å². The Kier molecular flexibility index (Phi) is 6.39. The molecule has 0 saturated heterocycles.